The standard InChI is InChI=1S/C25H25NO5/c1-26(25(27)20-9-11-22-24(15-20)30-13-12-29-22)16-19-8-10-21(23(14-19)28-2)31-17-18-6-4-3-5-7-18/h3-11,14-15H,12-13,16-17H2,1-2H3. The lowest BCUT2D eigenvalue weighted by molar-refractivity contribution is 0.0783. The molecule has 0 bridgehead atoms. The molecule has 0 aromatic heterocycles. The second-order valence-electron chi connectivity index (χ2n) is 7.28. The van der Waals surface area contributed by atoms with E-state index in [1.165, 1.54) is 0 Å². The van der Waals surface area contributed by atoms with Crippen molar-refractivity contribution in [2.24, 2.45) is 0 Å². The van der Waals surface area contributed by atoms with E-state index in [4.69, 9.17) is 18.9 Å². The molecule has 31 heavy (non-hydrogen) atoms. The second-order valence-corrected chi connectivity index (χ2v) is 7.28. The molecule has 0 fully saturated rings. The van der Waals surface area contributed by atoms with Gasteiger partial charge in [0, 0.05) is 19.2 Å². The van der Waals surface area contributed by atoms with Gasteiger partial charge in [-0.1, -0.05) is 36.4 Å². The fourth-order valence-electron chi connectivity index (χ4n) is 3.41. The van der Waals surface area contributed by atoms with Gasteiger partial charge in [0.2, 0.25) is 0 Å². The minimum absolute atomic E-state index is 0.0969. The number of hydrogen-bond donors (Lipinski definition) is 0. The molecule has 0 unspecified atom stereocenters. The third-order valence-electron chi connectivity index (χ3n) is 5.02. The molecule has 0 N–H and O–H groups in total. The van der Waals surface area contributed by atoms with Crippen molar-refractivity contribution in [1.82, 2.24) is 4.90 Å². The highest BCUT2D eigenvalue weighted by Gasteiger charge is 2.18. The van der Waals surface area contributed by atoms with Crippen LogP contribution >= 0.6 is 0 Å². The number of hydrogen-bond acceptors (Lipinski definition) is 5. The van der Waals surface area contributed by atoms with E-state index < -0.39 is 0 Å². The summed E-state index contributed by atoms with van der Waals surface area (Å²) in [6.07, 6.45) is 0. The topological polar surface area (TPSA) is 57.2 Å². The lowest BCUT2D eigenvalue weighted by Gasteiger charge is -2.21. The Morgan fingerprint density at radius 2 is 1.68 bits per heavy atom. The fraction of sp³-hybridized carbons (Fsp3) is 0.240. The summed E-state index contributed by atoms with van der Waals surface area (Å²) in [4.78, 5) is 14.5. The highest BCUT2D eigenvalue weighted by atomic mass is 16.6. The number of benzene rings is 3. The van der Waals surface area contributed by atoms with Crippen molar-refractivity contribution >= 4 is 5.91 Å². The highest BCUT2D eigenvalue weighted by molar-refractivity contribution is 5.94. The minimum Gasteiger partial charge on any atom is -0.493 e. The van der Waals surface area contributed by atoms with E-state index in [1.807, 2.05) is 48.5 Å². The molecule has 1 amide bonds. The molecule has 0 saturated heterocycles. The molecule has 1 aliphatic rings. The predicted molar refractivity (Wildman–Crippen MR) is 117 cm³/mol. The van der Waals surface area contributed by atoms with E-state index in [0.717, 1.165) is 11.1 Å². The zero-order valence-electron chi connectivity index (χ0n) is 17.7. The van der Waals surface area contributed by atoms with Crippen LogP contribution in [0.2, 0.25) is 0 Å². The molecule has 0 atom stereocenters. The Kier molecular flexibility index (Phi) is 6.26. The number of amides is 1. The summed E-state index contributed by atoms with van der Waals surface area (Å²) in [5, 5.41) is 0. The van der Waals surface area contributed by atoms with Gasteiger partial charge in [-0.3, -0.25) is 4.79 Å². The first-order valence-corrected chi connectivity index (χ1v) is 10.1. The average molecular weight is 419 g/mol. The number of carbonyl (C=O) groups is 1. The number of carbonyl (C=O) groups excluding carboxylic acids is 1. The summed E-state index contributed by atoms with van der Waals surface area (Å²) in [6, 6.07) is 20.9. The molecule has 3 aromatic rings. The van der Waals surface area contributed by atoms with Crippen molar-refractivity contribution in [2.75, 3.05) is 27.4 Å². The van der Waals surface area contributed by atoms with Crippen molar-refractivity contribution in [1.29, 1.82) is 0 Å². The SMILES string of the molecule is COc1cc(CN(C)C(=O)c2ccc3c(c2)OCCO3)ccc1OCc1ccccc1. The molecule has 0 aliphatic carbocycles. The summed E-state index contributed by atoms with van der Waals surface area (Å²) in [7, 11) is 3.38. The smallest absolute Gasteiger partial charge is 0.254 e. The Morgan fingerprint density at radius 3 is 2.45 bits per heavy atom. The molecule has 6 nitrogen and oxygen atoms in total. The monoisotopic (exact) mass is 419 g/mol. The van der Waals surface area contributed by atoms with Crippen LogP contribution in [0.5, 0.6) is 23.0 Å². The lowest BCUT2D eigenvalue weighted by atomic mass is 10.1. The molecule has 3 aromatic carbocycles. The van der Waals surface area contributed by atoms with Gasteiger partial charge in [-0.25, -0.2) is 0 Å². The van der Waals surface area contributed by atoms with Crippen LogP contribution in [0.1, 0.15) is 21.5 Å². The zero-order valence-corrected chi connectivity index (χ0v) is 17.7. The maximum atomic E-state index is 12.9. The van der Waals surface area contributed by atoms with Crippen molar-refractivity contribution < 1.29 is 23.7 Å². The van der Waals surface area contributed by atoms with Gasteiger partial charge in [-0.05, 0) is 41.5 Å². The van der Waals surface area contributed by atoms with Crippen LogP contribution < -0.4 is 18.9 Å². The molecule has 1 heterocycles. The molecule has 1 aliphatic heterocycles. The number of fused-ring (bicyclic) bond motifs is 1. The summed E-state index contributed by atoms with van der Waals surface area (Å²) >= 11 is 0. The molecule has 160 valence electrons. The van der Waals surface area contributed by atoms with Crippen molar-refractivity contribution in [3.63, 3.8) is 0 Å². The summed E-state index contributed by atoms with van der Waals surface area (Å²) in [5.74, 6) is 2.47. The van der Waals surface area contributed by atoms with Crippen molar-refractivity contribution in [3.8, 4) is 23.0 Å². The normalized spacial score (nSPS) is 12.2. The first-order chi connectivity index (χ1) is 15.1. The average Bonchev–Trinajstić information content (AvgIpc) is 2.83. The van der Waals surface area contributed by atoms with Crippen LogP contribution in [-0.4, -0.2) is 38.2 Å². The molecular formula is C25H25NO5. The Labute approximate surface area is 181 Å². The van der Waals surface area contributed by atoms with Crippen LogP contribution in [-0.2, 0) is 13.2 Å². The first kappa shape index (κ1) is 20.6. The van der Waals surface area contributed by atoms with Crippen LogP contribution in [0.15, 0.2) is 66.7 Å². The lowest BCUT2D eigenvalue weighted by Crippen LogP contribution is -2.26. The second kappa shape index (κ2) is 9.43. The largest absolute Gasteiger partial charge is 0.493 e. The maximum absolute atomic E-state index is 12.9. The van der Waals surface area contributed by atoms with Crippen LogP contribution in [0.4, 0.5) is 0 Å². The van der Waals surface area contributed by atoms with Gasteiger partial charge in [0.15, 0.2) is 23.0 Å². The van der Waals surface area contributed by atoms with E-state index >= 15 is 0 Å². The van der Waals surface area contributed by atoms with Gasteiger partial charge in [0.1, 0.15) is 19.8 Å². The van der Waals surface area contributed by atoms with Crippen molar-refractivity contribution in [2.45, 2.75) is 13.2 Å². The van der Waals surface area contributed by atoms with E-state index in [1.54, 1.807) is 37.3 Å². The van der Waals surface area contributed by atoms with E-state index in [9.17, 15) is 4.79 Å². The first-order valence-electron chi connectivity index (χ1n) is 10.1. The third-order valence-corrected chi connectivity index (χ3v) is 5.02. The van der Waals surface area contributed by atoms with Gasteiger partial charge in [-0.15, -0.1) is 0 Å². The number of ether oxygens (including phenoxy) is 4. The molecule has 4 rings (SSSR count). The Bertz CT molecular complexity index is 1050. The molecule has 6 heteroatoms. The van der Waals surface area contributed by atoms with Gasteiger partial charge < -0.3 is 23.8 Å². The van der Waals surface area contributed by atoms with E-state index in [2.05, 4.69) is 0 Å². The molecule has 0 spiro atoms. The Morgan fingerprint density at radius 1 is 0.903 bits per heavy atom. The quantitative estimate of drug-likeness (QED) is 0.571. The number of nitrogens with zero attached hydrogens (tertiary/aromatic N) is 1. The van der Waals surface area contributed by atoms with E-state index in [-0.39, 0.29) is 5.91 Å². The Balaban J connectivity index is 1.42. The van der Waals surface area contributed by atoms with Gasteiger partial charge in [-0.2, -0.15) is 0 Å². The number of methoxy groups -OCH3 is 1. The molecule has 0 saturated carbocycles. The number of rotatable bonds is 7. The van der Waals surface area contributed by atoms with Gasteiger partial charge in [0.05, 0.1) is 7.11 Å². The maximum Gasteiger partial charge on any atom is 0.254 e. The van der Waals surface area contributed by atoms with Crippen molar-refractivity contribution in [3.05, 3.63) is 83.4 Å². The van der Waals surface area contributed by atoms with E-state index in [0.29, 0.717) is 54.9 Å². The van der Waals surface area contributed by atoms with Crippen LogP contribution in [0, 0.1) is 0 Å². The zero-order chi connectivity index (χ0) is 21.6. The summed E-state index contributed by atoms with van der Waals surface area (Å²) in [6.45, 7) is 1.90. The predicted octanol–water partition coefficient (Wildman–Crippen LogP) is 4.32. The van der Waals surface area contributed by atoms with Crippen LogP contribution in [0.25, 0.3) is 0 Å². The minimum atomic E-state index is -0.0969. The van der Waals surface area contributed by atoms with Crippen LogP contribution in [0.3, 0.4) is 0 Å². The Hall–Kier alpha value is -3.67. The molecular weight excluding hydrogens is 394 g/mol. The third kappa shape index (κ3) is 4.91. The summed E-state index contributed by atoms with van der Waals surface area (Å²) in [5.41, 5.74) is 2.58. The summed E-state index contributed by atoms with van der Waals surface area (Å²) < 4.78 is 22.5. The van der Waals surface area contributed by atoms with Gasteiger partial charge >= 0.3 is 0 Å². The fourth-order valence-corrected chi connectivity index (χ4v) is 3.41. The molecule has 0 radical (unpaired) electrons. The van der Waals surface area contributed by atoms with Gasteiger partial charge in [0.25, 0.3) is 5.91 Å². The highest BCUT2D eigenvalue weighted by Crippen LogP contribution is 2.32.